The molecule has 0 aliphatic carbocycles. The predicted molar refractivity (Wildman–Crippen MR) is 109 cm³/mol. The lowest BCUT2D eigenvalue weighted by atomic mass is 10.1. The zero-order chi connectivity index (χ0) is 20.4. The number of methoxy groups -OCH3 is 1. The molecule has 0 saturated carbocycles. The Hall–Kier alpha value is -3.57. The van der Waals surface area contributed by atoms with Crippen LogP contribution in [0.3, 0.4) is 0 Å². The number of rotatable bonds is 4. The standard InChI is InChI=1S/C23H15ClO5/c1-27-17-4-2-3-14(11-17)12-21-22(25)19-10-9-18(13-20(19)29-21)28-23(26)15-5-7-16(24)8-6-15/h2-13H,1H3/b21-12-. The minimum Gasteiger partial charge on any atom is -0.497 e. The summed E-state index contributed by atoms with van der Waals surface area (Å²) in [6.45, 7) is 0. The normalized spacial score (nSPS) is 13.7. The Morgan fingerprint density at radius 3 is 2.55 bits per heavy atom. The van der Waals surface area contributed by atoms with Gasteiger partial charge in [-0.2, -0.15) is 0 Å². The highest BCUT2D eigenvalue weighted by Crippen LogP contribution is 2.35. The van der Waals surface area contributed by atoms with E-state index >= 15 is 0 Å². The van der Waals surface area contributed by atoms with Crippen molar-refractivity contribution in [2.45, 2.75) is 0 Å². The second kappa shape index (κ2) is 7.81. The molecule has 29 heavy (non-hydrogen) atoms. The summed E-state index contributed by atoms with van der Waals surface area (Å²) in [5, 5.41) is 0.529. The molecule has 0 saturated heterocycles. The van der Waals surface area contributed by atoms with Crippen molar-refractivity contribution in [1.29, 1.82) is 0 Å². The van der Waals surface area contributed by atoms with Gasteiger partial charge in [0.05, 0.1) is 18.2 Å². The average Bonchev–Trinajstić information content (AvgIpc) is 3.03. The largest absolute Gasteiger partial charge is 0.497 e. The first kappa shape index (κ1) is 18.8. The van der Waals surface area contributed by atoms with Crippen LogP contribution in [0.1, 0.15) is 26.3 Å². The van der Waals surface area contributed by atoms with Gasteiger partial charge in [0.1, 0.15) is 17.2 Å². The smallest absolute Gasteiger partial charge is 0.343 e. The Balaban J connectivity index is 1.54. The van der Waals surface area contributed by atoms with Gasteiger partial charge in [0.25, 0.3) is 0 Å². The third kappa shape index (κ3) is 4.00. The van der Waals surface area contributed by atoms with E-state index in [0.29, 0.717) is 27.6 Å². The lowest BCUT2D eigenvalue weighted by molar-refractivity contribution is 0.0734. The van der Waals surface area contributed by atoms with E-state index in [9.17, 15) is 9.59 Å². The number of esters is 1. The minimum absolute atomic E-state index is 0.189. The number of carbonyl (C=O) groups excluding carboxylic acids is 2. The van der Waals surface area contributed by atoms with Gasteiger partial charge >= 0.3 is 5.97 Å². The molecule has 4 rings (SSSR count). The molecule has 3 aromatic rings. The Bertz CT molecular complexity index is 1130. The number of ketones is 1. The van der Waals surface area contributed by atoms with E-state index in [1.807, 2.05) is 18.2 Å². The van der Waals surface area contributed by atoms with Crippen LogP contribution in [-0.4, -0.2) is 18.9 Å². The summed E-state index contributed by atoms with van der Waals surface area (Å²) in [4.78, 5) is 24.9. The molecule has 0 spiro atoms. The van der Waals surface area contributed by atoms with Crippen LogP contribution in [0.15, 0.2) is 72.5 Å². The van der Waals surface area contributed by atoms with Crippen molar-refractivity contribution in [2.75, 3.05) is 7.11 Å². The number of benzene rings is 3. The van der Waals surface area contributed by atoms with Crippen molar-refractivity contribution in [2.24, 2.45) is 0 Å². The number of ether oxygens (including phenoxy) is 3. The summed E-state index contributed by atoms with van der Waals surface area (Å²) in [5.74, 6) is 0.717. The summed E-state index contributed by atoms with van der Waals surface area (Å²) in [6.07, 6.45) is 1.64. The molecule has 1 heterocycles. The molecule has 1 aliphatic rings. The number of hydrogen-bond donors (Lipinski definition) is 0. The van der Waals surface area contributed by atoms with E-state index in [0.717, 1.165) is 5.56 Å². The maximum absolute atomic E-state index is 12.6. The van der Waals surface area contributed by atoms with Crippen LogP contribution in [0.5, 0.6) is 17.2 Å². The summed E-state index contributed by atoms with van der Waals surface area (Å²) in [7, 11) is 1.58. The van der Waals surface area contributed by atoms with Crippen LogP contribution in [0.25, 0.3) is 6.08 Å². The van der Waals surface area contributed by atoms with Crippen LogP contribution in [0.4, 0.5) is 0 Å². The van der Waals surface area contributed by atoms with E-state index in [1.54, 1.807) is 55.7 Å². The Morgan fingerprint density at radius 1 is 1.00 bits per heavy atom. The van der Waals surface area contributed by atoms with Gasteiger partial charge in [-0.3, -0.25) is 4.79 Å². The lowest BCUT2D eigenvalue weighted by Gasteiger charge is -2.06. The third-order valence-electron chi connectivity index (χ3n) is 4.32. The van der Waals surface area contributed by atoms with Gasteiger partial charge in [-0.25, -0.2) is 4.79 Å². The van der Waals surface area contributed by atoms with Crippen molar-refractivity contribution in [3.8, 4) is 17.2 Å². The molecule has 5 nitrogen and oxygen atoms in total. The van der Waals surface area contributed by atoms with Crippen LogP contribution in [-0.2, 0) is 0 Å². The Kier molecular flexibility index (Phi) is 5.06. The van der Waals surface area contributed by atoms with E-state index < -0.39 is 5.97 Å². The van der Waals surface area contributed by atoms with Crippen LogP contribution < -0.4 is 14.2 Å². The first-order valence-corrected chi connectivity index (χ1v) is 9.11. The molecule has 0 radical (unpaired) electrons. The van der Waals surface area contributed by atoms with Crippen LogP contribution in [0.2, 0.25) is 5.02 Å². The summed E-state index contributed by atoms with van der Waals surface area (Å²) in [6, 6.07) is 18.3. The minimum atomic E-state index is -0.530. The predicted octanol–water partition coefficient (Wildman–Crippen LogP) is 5.18. The molecule has 0 N–H and O–H groups in total. The second-order valence-corrected chi connectivity index (χ2v) is 6.71. The highest BCUT2D eigenvalue weighted by Gasteiger charge is 2.28. The number of halogens is 1. The van der Waals surface area contributed by atoms with Gasteiger partial charge < -0.3 is 14.2 Å². The fourth-order valence-corrected chi connectivity index (χ4v) is 2.99. The molecule has 0 fully saturated rings. The van der Waals surface area contributed by atoms with Gasteiger partial charge in [0.15, 0.2) is 5.76 Å². The van der Waals surface area contributed by atoms with E-state index in [4.69, 9.17) is 25.8 Å². The Labute approximate surface area is 172 Å². The van der Waals surface area contributed by atoms with Gasteiger partial charge in [0.2, 0.25) is 5.78 Å². The number of Topliss-reactive ketones (excluding diaryl/α,β-unsaturated/α-hetero) is 1. The van der Waals surface area contributed by atoms with E-state index in [-0.39, 0.29) is 17.3 Å². The van der Waals surface area contributed by atoms with Crippen LogP contribution in [0, 0.1) is 0 Å². The molecule has 0 unspecified atom stereocenters. The summed E-state index contributed by atoms with van der Waals surface area (Å²) < 4.78 is 16.3. The molecule has 0 amide bonds. The average molecular weight is 407 g/mol. The molecule has 0 aromatic heterocycles. The van der Waals surface area contributed by atoms with Gasteiger partial charge in [-0.1, -0.05) is 23.7 Å². The van der Waals surface area contributed by atoms with Crippen molar-refractivity contribution in [3.05, 3.63) is 94.2 Å². The SMILES string of the molecule is COc1cccc(/C=C2\Oc3cc(OC(=O)c4ccc(Cl)cc4)ccc3C2=O)c1. The number of carbonyl (C=O) groups is 2. The fourth-order valence-electron chi connectivity index (χ4n) is 2.87. The Morgan fingerprint density at radius 2 is 1.79 bits per heavy atom. The van der Waals surface area contributed by atoms with Crippen molar-refractivity contribution in [1.82, 2.24) is 0 Å². The zero-order valence-corrected chi connectivity index (χ0v) is 16.1. The van der Waals surface area contributed by atoms with Gasteiger partial charge in [-0.15, -0.1) is 0 Å². The zero-order valence-electron chi connectivity index (χ0n) is 15.3. The molecule has 3 aromatic carbocycles. The topological polar surface area (TPSA) is 61.8 Å². The molecule has 1 aliphatic heterocycles. The van der Waals surface area contributed by atoms with Gasteiger partial charge in [-0.05, 0) is 60.2 Å². The molecule has 0 bridgehead atoms. The molecular formula is C23H15ClO5. The van der Waals surface area contributed by atoms with Crippen molar-refractivity contribution >= 4 is 29.4 Å². The van der Waals surface area contributed by atoms with Crippen molar-refractivity contribution < 1.29 is 23.8 Å². The molecule has 144 valence electrons. The van der Waals surface area contributed by atoms with Gasteiger partial charge in [0, 0.05) is 11.1 Å². The lowest BCUT2D eigenvalue weighted by Crippen LogP contribution is -2.08. The molecular weight excluding hydrogens is 392 g/mol. The van der Waals surface area contributed by atoms with Crippen molar-refractivity contribution in [3.63, 3.8) is 0 Å². The second-order valence-electron chi connectivity index (χ2n) is 6.27. The monoisotopic (exact) mass is 406 g/mol. The maximum Gasteiger partial charge on any atom is 0.343 e. The summed E-state index contributed by atoms with van der Waals surface area (Å²) in [5.41, 5.74) is 1.55. The highest BCUT2D eigenvalue weighted by molar-refractivity contribution is 6.30. The third-order valence-corrected chi connectivity index (χ3v) is 4.58. The number of fused-ring (bicyclic) bond motifs is 1. The number of allylic oxidation sites excluding steroid dienone is 1. The first-order chi connectivity index (χ1) is 14.0. The first-order valence-electron chi connectivity index (χ1n) is 8.73. The van der Waals surface area contributed by atoms with E-state index in [1.165, 1.54) is 6.07 Å². The fraction of sp³-hybridized carbons (Fsp3) is 0.0435. The molecule has 0 atom stereocenters. The number of hydrogen-bond acceptors (Lipinski definition) is 5. The van der Waals surface area contributed by atoms with Crippen LogP contribution >= 0.6 is 11.6 Å². The quantitative estimate of drug-likeness (QED) is 0.339. The summed E-state index contributed by atoms with van der Waals surface area (Å²) >= 11 is 5.83. The maximum atomic E-state index is 12.6. The van der Waals surface area contributed by atoms with E-state index in [2.05, 4.69) is 0 Å². The highest BCUT2D eigenvalue weighted by atomic mass is 35.5. The molecule has 6 heteroatoms.